The average Bonchev–Trinajstić information content (AvgIpc) is 2.97. The molecule has 1 aromatic carbocycles. The van der Waals surface area contributed by atoms with Crippen LogP contribution in [0.5, 0.6) is 0 Å². The van der Waals surface area contributed by atoms with Gasteiger partial charge in [0.2, 0.25) is 0 Å². The zero-order valence-electron chi connectivity index (χ0n) is 14.0. The number of benzene rings is 1. The van der Waals surface area contributed by atoms with Gasteiger partial charge in [-0.1, -0.05) is 0 Å². The summed E-state index contributed by atoms with van der Waals surface area (Å²) < 4.78 is 1.08. The van der Waals surface area contributed by atoms with Crippen molar-refractivity contribution in [3.05, 3.63) is 44.6 Å². The maximum atomic E-state index is 12.8. The molecule has 1 amide bonds. The van der Waals surface area contributed by atoms with E-state index in [9.17, 15) is 24.3 Å². The van der Waals surface area contributed by atoms with Crippen molar-refractivity contribution in [3.63, 3.8) is 0 Å². The van der Waals surface area contributed by atoms with Gasteiger partial charge >= 0.3 is 11.7 Å². The summed E-state index contributed by atoms with van der Waals surface area (Å²) in [6.07, 6.45) is 1.000. The number of likely N-dealkylation sites (tertiary alicyclic amines) is 1. The predicted molar refractivity (Wildman–Crippen MR) is 90.8 cm³/mol. The van der Waals surface area contributed by atoms with Crippen LogP contribution in [0, 0.1) is 0 Å². The first kappa shape index (κ1) is 16.9. The summed E-state index contributed by atoms with van der Waals surface area (Å²) in [4.78, 5) is 52.5. The Morgan fingerprint density at radius 3 is 2.68 bits per heavy atom. The Hall–Kier alpha value is -2.90. The van der Waals surface area contributed by atoms with Gasteiger partial charge in [0.25, 0.3) is 11.5 Å². The summed E-state index contributed by atoms with van der Waals surface area (Å²) in [6.45, 7) is 3.83. The van der Waals surface area contributed by atoms with Crippen LogP contribution in [-0.2, 0) is 11.3 Å². The molecule has 25 heavy (non-hydrogen) atoms. The summed E-state index contributed by atoms with van der Waals surface area (Å²) in [5.74, 6) is -1.47. The van der Waals surface area contributed by atoms with E-state index in [1.807, 2.05) is 0 Å². The lowest BCUT2D eigenvalue weighted by Crippen LogP contribution is -2.50. The number of fused-ring (bicyclic) bond motifs is 1. The number of rotatable bonds is 3. The van der Waals surface area contributed by atoms with Crippen molar-refractivity contribution in [2.75, 3.05) is 6.54 Å². The number of aromatic nitrogens is 2. The van der Waals surface area contributed by atoms with Crippen LogP contribution in [0.25, 0.3) is 10.9 Å². The Labute approximate surface area is 142 Å². The summed E-state index contributed by atoms with van der Waals surface area (Å²) in [5, 5.41) is 9.76. The lowest BCUT2D eigenvalue weighted by Gasteiger charge is -2.31. The smallest absolute Gasteiger partial charge is 0.329 e. The van der Waals surface area contributed by atoms with Gasteiger partial charge in [0.15, 0.2) is 0 Å². The molecule has 0 bridgehead atoms. The molecule has 2 heterocycles. The fourth-order valence-corrected chi connectivity index (χ4v) is 3.34. The number of aromatic amines is 1. The van der Waals surface area contributed by atoms with Crippen molar-refractivity contribution in [1.29, 1.82) is 0 Å². The Kier molecular flexibility index (Phi) is 3.98. The van der Waals surface area contributed by atoms with E-state index in [-0.39, 0.29) is 17.6 Å². The van der Waals surface area contributed by atoms with Crippen LogP contribution in [0.15, 0.2) is 27.8 Å². The molecule has 1 fully saturated rings. The van der Waals surface area contributed by atoms with Crippen molar-refractivity contribution in [2.24, 2.45) is 0 Å². The van der Waals surface area contributed by atoms with E-state index in [1.165, 1.54) is 30.0 Å². The van der Waals surface area contributed by atoms with E-state index in [1.54, 1.807) is 6.92 Å². The van der Waals surface area contributed by atoms with E-state index in [0.717, 1.165) is 4.57 Å². The van der Waals surface area contributed by atoms with Gasteiger partial charge in [-0.25, -0.2) is 9.59 Å². The molecule has 2 N–H and O–H groups in total. The highest BCUT2D eigenvalue weighted by molar-refractivity contribution is 6.00. The first-order chi connectivity index (χ1) is 11.8. The van der Waals surface area contributed by atoms with E-state index in [2.05, 4.69) is 4.98 Å². The van der Waals surface area contributed by atoms with Gasteiger partial charge in [-0.3, -0.25) is 14.2 Å². The van der Waals surface area contributed by atoms with Crippen LogP contribution in [-0.4, -0.2) is 43.5 Å². The molecule has 132 valence electrons. The van der Waals surface area contributed by atoms with Crippen LogP contribution in [0.1, 0.15) is 37.0 Å². The third-order valence-electron chi connectivity index (χ3n) is 4.89. The lowest BCUT2D eigenvalue weighted by molar-refractivity contribution is -0.147. The first-order valence-electron chi connectivity index (χ1n) is 8.12. The molecule has 0 spiro atoms. The molecule has 8 heteroatoms. The SMILES string of the molecule is CCn1c(=O)[nH]c2cc(C(=O)N3CCCC3(C)C(=O)O)ccc2c1=O. The van der Waals surface area contributed by atoms with Crippen molar-refractivity contribution < 1.29 is 14.7 Å². The van der Waals surface area contributed by atoms with Crippen molar-refractivity contribution in [2.45, 2.75) is 38.8 Å². The standard InChI is InChI=1S/C17H19N3O5/c1-3-19-14(22)11-6-5-10(9-12(11)18-16(19)25)13(21)20-8-4-7-17(20,2)15(23)24/h5-6,9H,3-4,7-8H2,1-2H3,(H,18,25)(H,23,24). The normalized spacial score (nSPS) is 20.2. The second-order valence-corrected chi connectivity index (χ2v) is 6.38. The summed E-state index contributed by atoms with van der Waals surface area (Å²) in [5.41, 5.74) is -1.70. The largest absolute Gasteiger partial charge is 0.480 e. The summed E-state index contributed by atoms with van der Waals surface area (Å²) >= 11 is 0. The Morgan fingerprint density at radius 2 is 2.04 bits per heavy atom. The molecule has 8 nitrogen and oxygen atoms in total. The molecule has 0 aliphatic carbocycles. The number of hydrogen-bond acceptors (Lipinski definition) is 4. The van der Waals surface area contributed by atoms with Gasteiger partial charge in [0.05, 0.1) is 10.9 Å². The number of carboxylic acids is 1. The van der Waals surface area contributed by atoms with E-state index in [4.69, 9.17) is 0 Å². The number of carboxylic acid groups (broad SMARTS) is 1. The molecule has 1 saturated heterocycles. The number of amides is 1. The summed E-state index contributed by atoms with van der Waals surface area (Å²) in [7, 11) is 0. The second kappa shape index (κ2) is 5.87. The number of aliphatic carboxylic acids is 1. The Balaban J connectivity index is 2.08. The molecule has 0 radical (unpaired) electrons. The maximum absolute atomic E-state index is 12.8. The van der Waals surface area contributed by atoms with Crippen molar-refractivity contribution in [3.8, 4) is 0 Å². The third kappa shape index (κ3) is 2.54. The molecular formula is C17H19N3O5. The van der Waals surface area contributed by atoms with Crippen LogP contribution >= 0.6 is 0 Å². The second-order valence-electron chi connectivity index (χ2n) is 6.38. The molecular weight excluding hydrogens is 326 g/mol. The quantitative estimate of drug-likeness (QED) is 0.854. The van der Waals surface area contributed by atoms with Gasteiger partial charge < -0.3 is 15.0 Å². The Morgan fingerprint density at radius 1 is 1.32 bits per heavy atom. The van der Waals surface area contributed by atoms with E-state index < -0.39 is 28.7 Å². The van der Waals surface area contributed by atoms with Crippen LogP contribution in [0.3, 0.4) is 0 Å². The van der Waals surface area contributed by atoms with Gasteiger partial charge in [-0.15, -0.1) is 0 Å². The molecule has 1 aromatic heterocycles. The topological polar surface area (TPSA) is 112 Å². The first-order valence-corrected chi connectivity index (χ1v) is 8.12. The monoisotopic (exact) mass is 345 g/mol. The fraction of sp³-hybridized carbons (Fsp3) is 0.412. The van der Waals surface area contributed by atoms with Gasteiger partial charge in [0.1, 0.15) is 5.54 Å². The van der Waals surface area contributed by atoms with Crippen LogP contribution in [0.4, 0.5) is 0 Å². The third-order valence-corrected chi connectivity index (χ3v) is 4.89. The minimum Gasteiger partial charge on any atom is -0.480 e. The maximum Gasteiger partial charge on any atom is 0.329 e. The Bertz CT molecular complexity index is 990. The molecule has 1 atom stereocenters. The number of carbonyl (C=O) groups is 2. The number of nitrogens with one attached hydrogen (secondary N) is 1. The highest BCUT2D eigenvalue weighted by Gasteiger charge is 2.46. The van der Waals surface area contributed by atoms with Gasteiger partial charge in [-0.05, 0) is 44.9 Å². The minimum absolute atomic E-state index is 0.242. The van der Waals surface area contributed by atoms with Crippen LogP contribution in [0.2, 0.25) is 0 Å². The molecule has 3 rings (SSSR count). The number of nitrogens with zero attached hydrogens (tertiary/aromatic N) is 2. The summed E-state index contributed by atoms with van der Waals surface area (Å²) in [6, 6.07) is 4.41. The minimum atomic E-state index is -1.24. The highest BCUT2D eigenvalue weighted by atomic mass is 16.4. The van der Waals surface area contributed by atoms with Gasteiger partial charge in [-0.2, -0.15) is 0 Å². The van der Waals surface area contributed by atoms with E-state index >= 15 is 0 Å². The van der Waals surface area contributed by atoms with E-state index in [0.29, 0.717) is 24.8 Å². The molecule has 1 aliphatic heterocycles. The highest BCUT2D eigenvalue weighted by Crippen LogP contribution is 2.31. The van der Waals surface area contributed by atoms with Crippen molar-refractivity contribution in [1.82, 2.24) is 14.5 Å². The zero-order valence-corrected chi connectivity index (χ0v) is 14.0. The molecule has 0 saturated carbocycles. The number of hydrogen-bond donors (Lipinski definition) is 2. The van der Waals surface area contributed by atoms with Gasteiger partial charge in [0, 0.05) is 18.7 Å². The molecule has 2 aromatic rings. The average molecular weight is 345 g/mol. The molecule has 1 unspecified atom stereocenters. The molecule has 1 aliphatic rings. The van der Waals surface area contributed by atoms with Crippen molar-refractivity contribution >= 4 is 22.8 Å². The fourth-order valence-electron chi connectivity index (χ4n) is 3.34. The number of H-pyrrole nitrogens is 1. The predicted octanol–water partition coefficient (Wildman–Crippen LogP) is 0.789. The lowest BCUT2D eigenvalue weighted by atomic mass is 9.98. The number of carbonyl (C=O) groups excluding carboxylic acids is 1. The van der Waals surface area contributed by atoms with Crippen LogP contribution < -0.4 is 11.2 Å². The zero-order chi connectivity index (χ0) is 18.4.